The Morgan fingerprint density at radius 1 is 1.24 bits per heavy atom. The Labute approximate surface area is 269 Å². The second-order valence-electron chi connectivity index (χ2n) is 9.83. The van der Waals surface area contributed by atoms with Crippen molar-refractivity contribution in [2.75, 3.05) is 17.7 Å². The Balaban J connectivity index is 1.84. The van der Waals surface area contributed by atoms with Gasteiger partial charge in [0.1, 0.15) is 24.2 Å². The summed E-state index contributed by atoms with van der Waals surface area (Å²) in [4.78, 5) is 81.5. The number of nitrogens with zero attached hydrogens (tertiary/aromatic N) is 4. The lowest BCUT2D eigenvalue weighted by atomic mass is 9.98. The van der Waals surface area contributed by atoms with Crippen LogP contribution >= 0.6 is 22.9 Å². The van der Waals surface area contributed by atoms with Crippen molar-refractivity contribution >= 4 is 79.4 Å². The van der Waals surface area contributed by atoms with Crippen LogP contribution in [0.5, 0.6) is 0 Å². The molecule has 2 heterocycles. The molecule has 1 aromatic heterocycles. The van der Waals surface area contributed by atoms with Crippen molar-refractivity contribution in [3.8, 4) is 0 Å². The number of halogens is 1. The number of anilines is 1. The summed E-state index contributed by atoms with van der Waals surface area (Å²) >= 11 is 6.35. The Kier molecular flexibility index (Phi) is 11.3. The Morgan fingerprint density at radius 3 is 2.46 bits per heavy atom. The summed E-state index contributed by atoms with van der Waals surface area (Å²) in [6.07, 6.45) is 0. The third-order valence-electron chi connectivity index (χ3n) is 5.97. The summed E-state index contributed by atoms with van der Waals surface area (Å²) in [6.45, 7) is 2.86. The number of hydrogen-bond donors (Lipinski definition) is 4. The molecule has 46 heavy (non-hydrogen) atoms. The highest BCUT2D eigenvalue weighted by Gasteiger charge is 2.54. The second kappa shape index (κ2) is 14.6. The number of hydrogen-bond acceptors (Lipinski definition) is 14. The van der Waals surface area contributed by atoms with Crippen LogP contribution in [0.3, 0.4) is 0 Å². The molecule has 0 saturated carbocycles. The molecule has 19 nitrogen and oxygen atoms in total. The van der Waals surface area contributed by atoms with Crippen LogP contribution in [0.2, 0.25) is 0 Å². The average Bonchev–Trinajstić information content (AvgIpc) is 3.43. The average molecular weight is 704 g/mol. The first-order valence-electron chi connectivity index (χ1n) is 12.8. The highest BCUT2D eigenvalue weighted by atomic mass is 35.5. The molecule has 0 aliphatic carbocycles. The first-order chi connectivity index (χ1) is 21.4. The van der Waals surface area contributed by atoms with E-state index in [9.17, 15) is 47.1 Å². The monoisotopic (exact) mass is 703 g/mol. The molecule has 4 amide bonds. The van der Waals surface area contributed by atoms with Gasteiger partial charge in [0.05, 0.1) is 11.0 Å². The lowest BCUT2D eigenvalue weighted by Crippen LogP contribution is -2.74. The number of non-ortho nitro benzene ring substituents is 1. The molecule has 4 N–H and O–H groups in total. The van der Waals surface area contributed by atoms with E-state index in [-0.39, 0.29) is 27.4 Å². The van der Waals surface area contributed by atoms with Gasteiger partial charge >= 0.3 is 16.3 Å². The van der Waals surface area contributed by atoms with E-state index in [1.165, 1.54) is 43.5 Å². The quantitative estimate of drug-likeness (QED) is 0.0387. The number of alkyl halides is 1. The van der Waals surface area contributed by atoms with Crippen molar-refractivity contribution in [3.63, 3.8) is 0 Å². The van der Waals surface area contributed by atoms with Crippen LogP contribution in [0.15, 0.2) is 34.8 Å². The maximum atomic E-state index is 13.4. The van der Waals surface area contributed by atoms with Gasteiger partial charge in [-0.3, -0.25) is 33.8 Å². The van der Waals surface area contributed by atoms with Crippen LogP contribution in [-0.4, -0.2) is 92.6 Å². The molecule has 0 bridgehead atoms. The van der Waals surface area contributed by atoms with Crippen molar-refractivity contribution in [1.29, 1.82) is 0 Å². The number of benzene rings is 1. The zero-order valence-electron chi connectivity index (χ0n) is 24.1. The van der Waals surface area contributed by atoms with Crippen molar-refractivity contribution in [2.24, 2.45) is 5.16 Å². The van der Waals surface area contributed by atoms with E-state index < -0.39 is 80.6 Å². The number of nitrogens with one attached hydrogen (secondary N) is 3. The van der Waals surface area contributed by atoms with Gasteiger partial charge in [0.25, 0.3) is 17.5 Å². The minimum absolute atomic E-state index is 0.0104. The van der Waals surface area contributed by atoms with E-state index in [0.29, 0.717) is 5.56 Å². The molecule has 0 radical (unpaired) electrons. The summed E-state index contributed by atoms with van der Waals surface area (Å²) in [5.74, 6) is -4.96. The van der Waals surface area contributed by atoms with E-state index in [4.69, 9.17) is 21.2 Å². The van der Waals surface area contributed by atoms with E-state index >= 15 is 0 Å². The number of nitro groups is 1. The van der Waals surface area contributed by atoms with Crippen molar-refractivity contribution in [2.45, 2.75) is 45.1 Å². The molecule has 1 fully saturated rings. The first kappa shape index (κ1) is 35.7. The number of rotatable bonds is 14. The first-order valence-corrected chi connectivity index (χ1v) is 15.6. The normalized spacial score (nSPS) is 16.6. The predicted octanol–water partition coefficient (Wildman–Crippen LogP) is 0.106. The van der Waals surface area contributed by atoms with Gasteiger partial charge in [-0.15, -0.1) is 22.9 Å². The Bertz CT molecular complexity index is 1680. The molecular weight excluding hydrogens is 678 g/mol. The van der Waals surface area contributed by atoms with E-state index in [0.717, 1.165) is 18.3 Å². The SMILES string of the molecule is CC(=O)NC[C@@H]1[C@H](NC(=O)C(=NOC(C)(C)C(=O)OCc2ccc([N+](=O)[O-])cc2)c2csc(NC(=O)CCl)n2)C(=O)N1S(=O)(=O)O. The van der Waals surface area contributed by atoms with Crippen LogP contribution in [0.25, 0.3) is 0 Å². The number of amides is 4. The molecule has 1 aromatic carbocycles. The van der Waals surface area contributed by atoms with Gasteiger partial charge in [-0.2, -0.15) is 8.42 Å². The topological polar surface area (TPSA) is 266 Å². The molecule has 0 spiro atoms. The Hall–Kier alpha value is -4.73. The van der Waals surface area contributed by atoms with Gasteiger partial charge in [-0.25, -0.2) is 14.1 Å². The standard InChI is InChI=1S/C24H26ClN7O12S2/c1-12(33)26-9-16-19(21(36)31(16)46(40,41)42)29-20(35)18(15-11-45-23(27-15)28-17(34)8-25)30-44-24(2,3)22(37)43-10-13-4-6-14(7-5-13)32(38)39/h4-7,11,16,19H,8-10H2,1-3H3,(H,26,33)(H,29,35)(H,27,28,34)(H,40,41,42)/t16-,19+/m1/s1. The Morgan fingerprint density at radius 2 is 1.89 bits per heavy atom. The molecule has 1 aliphatic rings. The van der Waals surface area contributed by atoms with Crippen LogP contribution < -0.4 is 16.0 Å². The number of nitro benzene ring substituents is 1. The minimum atomic E-state index is -5.05. The number of oxime groups is 1. The fourth-order valence-corrected chi connectivity index (χ4v) is 5.31. The summed E-state index contributed by atoms with van der Waals surface area (Å²) in [5, 5.41) is 22.8. The highest BCUT2D eigenvalue weighted by Crippen LogP contribution is 2.24. The summed E-state index contributed by atoms with van der Waals surface area (Å²) in [6, 6.07) is 2.22. The summed E-state index contributed by atoms with van der Waals surface area (Å²) in [7, 11) is -5.05. The fourth-order valence-electron chi connectivity index (χ4n) is 3.65. The van der Waals surface area contributed by atoms with Crippen LogP contribution in [0, 0.1) is 10.1 Å². The second-order valence-corrected chi connectivity index (χ2v) is 12.2. The number of aromatic nitrogens is 1. The third-order valence-corrected chi connectivity index (χ3v) is 7.92. The maximum Gasteiger partial charge on any atom is 0.362 e. The largest absolute Gasteiger partial charge is 0.458 e. The van der Waals surface area contributed by atoms with Gasteiger partial charge in [0.2, 0.25) is 17.4 Å². The molecule has 1 aliphatic heterocycles. The number of β-lactam (4-membered cyclic amide) rings is 1. The van der Waals surface area contributed by atoms with E-state index in [1.807, 2.05) is 0 Å². The summed E-state index contributed by atoms with van der Waals surface area (Å²) < 4.78 is 38.2. The van der Waals surface area contributed by atoms with Crippen LogP contribution in [0.1, 0.15) is 32.0 Å². The number of ether oxygens (including phenoxy) is 1. The lowest BCUT2D eigenvalue weighted by Gasteiger charge is -2.44. The van der Waals surface area contributed by atoms with E-state index in [1.54, 1.807) is 0 Å². The van der Waals surface area contributed by atoms with Gasteiger partial charge in [-0.1, -0.05) is 5.16 Å². The maximum absolute atomic E-state index is 13.4. The number of thiazole rings is 1. The smallest absolute Gasteiger partial charge is 0.362 e. The van der Waals surface area contributed by atoms with E-state index in [2.05, 4.69) is 26.1 Å². The van der Waals surface area contributed by atoms with Crippen molar-refractivity contribution in [3.05, 3.63) is 51.0 Å². The molecule has 2 atom stereocenters. The zero-order chi connectivity index (χ0) is 34.4. The van der Waals surface area contributed by atoms with Gasteiger partial charge in [-0.05, 0) is 31.5 Å². The molecule has 248 valence electrons. The van der Waals surface area contributed by atoms with Crippen molar-refractivity contribution < 1.29 is 51.4 Å². The van der Waals surface area contributed by atoms with Gasteiger partial charge in [0.15, 0.2) is 10.8 Å². The molecule has 2 aromatic rings. The zero-order valence-corrected chi connectivity index (χ0v) is 26.5. The van der Waals surface area contributed by atoms with Gasteiger partial charge < -0.3 is 25.5 Å². The molecule has 22 heteroatoms. The molecule has 1 saturated heterocycles. The molecular formula is C24H26ClN7O12S2. The van der Waals surface area contributed by atoms with Crippen molar-refractivity contribution in [1.82, 2.24) is 19.9 Å². The van der Waals surface area contributed by atoms with Gasteiger partial charge in [0, 0.05) is 31.0 Å². The minimum Gasteiger partial charge on any atom is -0.458 e. The fraction of sp³-hybridized carbons (Fsp3) is 0.375. The predicted molar refractivity (Wildman–Crippen MR) is 159 cm³/mol. The number of carbonyl (C=O) groups is 5. The summed E-state index contributed by atoms with van der Waals surface area (Å²) in [5.41, 5.74) is -2.43. The number of esters is 1. The lowest BCUT2D eigenvalue weighted by molar-refractivity contribution is -0.384. The number of carbonyl (C=O) groups excluding carboxylic acids is 5. The molecule has 3 rings (SSSR count). The third kappa shape index (κ3) is 8.93. The molecule has 0 unspecified atom stereocenters. The van der Waals surface area contributed by atoms with Crippen LogP contribution in [0.4, 0.5) is 10.8 Å². The van der Waals surface area contributed by atoms with Crippen LogP contribution in [-0.2, 0) is 50.5 Å². The highest BCUT2D eigenvalue weighted by molar-refractivity contribution is 7.84.